The molecule has 1 aromatic carbocycles. The number of fused-ring (bicyclic) bond motifs is 1. The van der Waals surface area contributed by atoms with Crippen LogP contribution in [0.5, 0.6) is 5.75 Å². The van der Waals surface area contributed by atoms with E-state index in [9.17, 15) is 14.3 Å². The van der Waals surface area contributed by atoms with E-state index in [2.05, 4.69) is 15.3 Å². The summed E-state index contributed by atoms with van der Waals surface area (Å²) in [6, 6.07) is 9.32. The zero-order chi connectivity index (χ0) is 18.4. The highest BCUT2D eigenvalue weighted by Gasteiger charge is 2.18. The van der Waals surface area contributed by atoms with Crippen LogP contribution in [-0.4, -0.2) is 21.0 Å². The Morgan fingerprint density at radius 1 is 1.20 bits per heavy atom. The number of aromatic nitrogens is 2. The van der Waals surface area contributed by atoms with Crippen molar-refractivity contribution in [1.29, 1.82) is 0 Å². The van der Waals surface area contributed by atoms with Gasteiger partial charge in [-0.25, -0.2) is 9.37 Å². The van der Waals surface area contributed by atoms with E-state index in [0.29, 0.717) is 16.6 Å². The number of pyridine rings is 2. The highest BCUT2D eigenvalue weighted by atomic mass is 19.1. The van der Waals surface area contributed by atoms with E-state index in [1.165, 1.54) is 12.1 Å². The Kier molecular flexibility index (Phi) is 6.00. The summed E-state index contributed by atoms with van der Waals surface area (Å²) in [5.41, 5.74) is 1.62. The number of benzene rings is 1. The van der Waals surface area contributed by atoms with Gasteiger partial charge in [0.2, 0.25) is 0 Å². The first-order valence-corrected chi connectivity index (χ1v) is 8.03. The lowest BCUT2D eigenvalue weighted by Crippen LogP contribution is -2.24. The van der Waals surface area contributed by atoms with Gasteiger partial charge in [-0.05, 0) is 36.8 Å². The molecule has 25 heavy (non-hydrogen) atoms. The average molecular weight is 341 g/mol. The number of carbonyl (C=O) groups is 1. The molecule has 130 valence electrons. The molecule has 0 aliphatic carbocycles. The molecule has 0 saturated carbocycles. The van der Waals surface area contributed by atoms with E-state index in [0.717, 1.165) is 5.56 Å². The molecule has 1 amide bonds. The van der Waals surface area contributed by atoms with Crippen LogP contribution in [-0.2, 0) is 6.54 Å². The van der Waals surface area contributed by atoms with E-state index in [1.54, 1.807) is 37.4 Å². The Hall–Kier alpha value is -3.02. The number of hydrogen-bond donors (Lipinski definition) is 2. The molecule has 0 radical (unpaired) electrons. The fraction of sp³-hybridized carbons (Fsp3) is 0.211. The number of halogens is 1. The molecule has 0 bridgehead atoms. The van der Waals surface area contributed by atoms with Crippen molar-refractivity contribution in [2.45, 2.75) is 27.3 Å². The molecule has 3 aromatic rings. The zero-order valence-corrected chi connectivity index (χ0v) is 14.4. The minimum absolute atomic E-state index is 0.0733. The van der Waals surface area contributed by atoms with Gasteiger partial charge >= 0.3 is 0 Å². The molecule has 5 nitrogen and oxygen atoms in total. The fourth-order valence-electron chi connectivity index (χ4n) is 2.31. The van der Waals surface area contributed by atoms with Crippen molar-refractivity contribution in [2.75, 3.05) is 0 Å². The molecule has 2 heterocycles. The fourth-order valence-corrected chi connectivity index (χ4v) is 2.31. The van der Waals surface area contributed by atoms with Crippen molar-refractivity contribution in [3.8, 4) is 5.75 Å². The average Bonchev–Trinajstić information content (AvgIpc) is 2.65. The summed E-state index contributed by atoms with van der Waals surface area (Å²) >= 11 is 0. The maximum Gasteiger partial charge on any atom is 0.274 e. The standard InChI is InChI=1S/C17H14FN3O2.C2H6/c1-10-13-3-2-8-19-14(13)16(22)15(21-10)17(23)20-9-11-4-6-12(18)7-5-11;1-2/h2-8,22H,9H2,1H3,(H,20,23);1-2H3. The Morgan fingerprint density at radius 2 is 1.88 bits per heavy atom. The van der Waals surface area contributed by atoms with Crippen LogP contribution < -0.4 is 5.32 Å². The summed E-state index contributed by atoms with van der Waals surface area (Å²) in [6.07, 6.45) is 1.54. The lowest BCUT2D eigenvalue weighted by atomic mass is 10.1. The number of hydrogen-bond acceptors (Lipinski definition) is 4. The second-order valence-corrected chi connectivity index (χ2v) is 5.10. The maximum absolute atomic E-state index is 12.9. The van der Waals surface area contributed by atoms with Gasteiger partial charge in [0.15, 0.2) is 11.4 Å². The van der Waals surface area contributed by atoms with Gasteiger partial charge in [0.25, 0.3) is 5.91 Å². The van der Waals surface area contributed by atoms with Crippen LogP contribution in [0, 0.1) is 12.7 Å². The summed E-state index contributed by atoms with van der Waals surface area (Å²) in [4.78, 5) is 20.5. The molecule has 0 unspecified atom stereocenters. The van der Waals surface area contributed by atoms with Crippen molar-refractivity contribution in [2.24, 2.45) is 0 Å². The van der Waals surface area contributed by atoms with Crippen LogP contribution in [0.3, 0.4) is 0 Å². The normalized spacial score (nSPS) is 10.1. The molecule has 2 aromatic heterocycles. The first-order chi connectivity index (χ1) is 12.1. The molecule has 0 saturated heterocycles. The summed E-state index contributed by atoms with van der Waals surface area (Å²) in [5.74, 6) is -1.10. The van der Waals surface area contributed by atoms with Crippen molar-refractivity contribution in [3.63, 3.8) is 0 Å². The van der Waals surface area contributed by atoms with E-state index in [1.807, 2.05) is 13.8 Å². The smallest absolute Gasteiger partial charge is 0.274 e. The van der Waals surface area contributed by atoms with Gasteiger partial charge in [-0.3, -0.25) is 9.78 Å². The zero-order valence-electron chi connectivity index (χ0n) is 14.4. The molecular formula is C19H20FN3O2. The van der Waals surface area contributed by atoms with E-state index >= 15 is 0 Å². The largest absolute Gasteiger partial charge is 0.504 e. The minimum Gasteiger partial charge on any atom is -0.504 e. The SMILES string of the molecule is CC.Cc1nc(C(=O)NCc2ccc(F)cc2)c(O)c2ncccc12. The predicted molar refractivity (Wildman–Crippen MR) is 94.9 cm³/mol. The van der Waals surface area contributed by atoms with Crippen LogP contribution >= 0.6 is 0 Å². The lowest BCUT2D eigenvalue weighted by molar-refractivity contribution is 0.0943. The third kappa shape index (κ3) is 4.09. The van der Waals surface area contributed by atoms with Gasteiger partial charge in [0, 0.05) is 23.8 Å². The monoisotopic (exact) mass is 341 g/mol. The predicted octanol–water partition coefficient (Wildman–Crippen LogP) is 3.74. The third-order valence-electron chi connectivity index (χ3n) is 3.51. The highest BCUT2D eigenvalue weighted by Crippen LogP contribution is 2.27. The molecule has 0 aliphatic heterocycles. The van der Waals surface area contributed by atoms with Gasteiger partial charge < -0.3 is 10.4 Å². The van der Waals surface area contributed by atoms with Crippen molar-refractivity contribution in [1.82, 2.24) is 15.3 Å². The topological polar surface area (TPSA) is 75.1 Å². The second kappa shape index (κ2) is 8.19. The molecule has 2 N–H and O–H groups in total. The summed E-state index contributed by atoms with van der Waals surface area (Å²) in [5, 5.41) is 13.6. The molecule has 3 rings (SSSR count). The van der Waals surface area contributed by atoms with Gasteiger partial charge in [-0.1, -0.05) is 26.0 Å². The summed E-state index contributed by atoms with van der Waals surface area (Å²) in [7, 11) is 0. The van der Waals surface area contributed by atoms with Crippen LogP contribution in [0.15, 0.2) is 42.6 Å². The van der Waals surface area contributed by atoms with E-state index in [4.69, 9.17) is 0 Å². The second-order valence-electron chi connectivity index (χ2n) is 5.10. The Balaban J connectivity index is 0.00000109. The Labute approximate surface area is 145 Å². The molecular weight excluding hydrogens is 321 g/mol. The number of rotatable bonds is 3. The van der Waals surface area contributed by atoms with Crippen molar-refractivity contribution in [3.05, 3.63) is 65.4 Å². The first-order valence-electron chi connectivity index (χ1n) is 8.03. The first kappa shape index (κ1) is 18.3. The summed E-state index contributed by atoms with van der Waals surface area (Å²) < 4.78 is 12.9. The van der Waals surface area contributed by atoms with Crippen LogP contribution in [0.4, 0.5) is 4.39 Å². The minimum atomic E-state index is -0.512. The number of aromatic hydroxyl groups is 1. The maximum atomic E-state index is 12.9. The van der Waals surface area contributed by atoms with E-state index in [-0.39, 0.29) is 23.8 Å². The molecule has 6 heteroatoms. The van der Waals surface area contributed by atoms with Gasteiger partial charge in [-0.2, -0.15) is 0 Å². The lowest BCUT2D eigenvalue weighted by Gasteiger charge is -2.10. The molecule has 0 atom stereocenters. The van der Waals surface area contributed by atoms with Crippen LogP contribution in [0.25, 0.3) is 10.9 Å². The number of aryl methyl sites for hydroxylation is 1. The summed E-state index contributed by atoms with van der Waals surface area (Å²) in [6.45, 7) is 5.96. The third-order valence-corrected chi connectivity index (χ3v) is 3.51. The molecule has 0 fully saturated rings. The van der Waals surface area contributed by atoms with Crippen LogP contribution in [0.2, 0.25) is 0 Å². The van der Waals surface area contributed by atoms with Gasteiger partial charge in [-0.15, -0.1) is 0 Å². The molecule has 0 spiro atoms. The van der Waals surface area contributed by atoms with Gasteiger partial charge in [0.05, 0.1) is 0 Å². The van der Waals surface area contributed by atoms with E-state index < -0.39 is 5.91 Å². The van der Waals surface area contributed by atoms with Gasteiger partial charge in [0.1, 0.15) is 11.3 Å². The number of nitrogens with zero attached hydrogens (tertiary/aromatic N) is 2. The Bertz CT molecular complexity index is 880. The number of nitrogens with one attached hydrogen (secondary N) is 1. The number of carbonyl (C=O) groups excluding carboxylic acids is 1. The van der Waals surface area contributed by atoms with Crippen LogP contribution in [0.1, 0.15) is 35.6 Å². The van der Waals surface area contributed by atoms with Crippen molar-refractivity contribution >= 4 is 16.8 Å². The highest BCUT2D eigenvalue weighted by molar-refractivity contribution is 6.00. The van der Waals surface area contributed by atoms with Crippen molar-refractivity contribution < 1.29 is 14.3 Å². The quantitative estimate of drug-likeness (QED) is 0.761. The molecule has 0 aliphatic rings. The Morgan fingerprint density at radius 3 is 2.56 bits per heavy atom. The number of amides is 1.